The lowest BCUT2D eigenvalue weighted by Gasteiger charge is -1.98. The molecule has 0 aromatic carbocycles. The van der Waals surface area contributed by atoms with Crippen molar-refractivity contribution in [2.75, 3.05) is 0 Å². The van der Waals surface area contributed by atoms with Crippen molar-refractivity contribution in [3.8, 4) is 0 Å². The van der Waals surface area contributed by atoms with Gasteiger partial charge in [0, 0.05) is 6.42 Å². The Morgan fingerprint density at radius 1 is 1.15 bits per heavy atom. The molecule has 84 valence electrons. The first kappa shape index (κ1) is 29.6. The van der Waals surface area contributed by atoms with Crippen LogP contribution in [0.25, 0.3) is 0 Å². The zero-order valence-corrected chi connectivity index (χ0v) is 5.00. The van der Waals surface area contributed by atoms with Crippen molar-refractivity contribution >= 4 is 11.8 Å². The van der Waals surface area contributed by atoms with Crippen LogP contribution in [-0.2, 0) is 9.59 Å². The molecule has 1 atom stereocenters. The first-order chi connectivity index (χ1) is 4.04. The van der Waals surface area contributed by atoms with Crippen molar-refractivity contribution in [2.45, 2.75) is 49.2 Å². The van der Waals surface area contributed by atoms with Gasteiger partial charge in [0.15, 0.2) is 6.10 Å². The molecule has 0 heterocycles. The number of carboxylic acids is 1. The van der Waals surface area contributed by atoms with Crippen molar-refractivity contribution in [1.82, 2.24) is 0 Å². The second-order valence-electron chi connectivity index (χ2n) is 1.76. The molecule has 13 heavy (non-hydrogen) atoms. The first-order valence-corrected chi connectivity index (χ1v) is 2.44. The zero-order chi connectivity index (χ0) is 7.44. The Kier molecular flexibility index (Phi) is 31.1. The Labute approximate surface area is 81.6 Å². The average molecular weight is 196 g/mol. The van der Waals surface area contributed by atoms with Gasteiger partial charge in [0.1, 0.15) is 5.78 Å². The van der Waals surface area contributed by atoms with Gasteiger partial charge in [-0.2, -0.15) is 0 Å². The largest absolute Gasteiger partial charge is 0.479 e. The van der Waals surface area contributed by atoms with Crippen molar-refractivity contribution in [3.63, 3.8) is 0 Å². The van der Waals surface area contributed by atoms with Gasteiger partial charge in [0.25, 0.3) is 0 Å². The van der Waals surface area contributed by atoms with Crippen LogP contribution in [0.15, 0.2) is 0 Å². The number of carbonyl (C=O) groups excluding carboxylic acids is 1. The summed E-state index contributed by atoms with van der Waals surface area (Å²) in [7, 11) is 0. The topological polar surface area (TPSA) is 74.6 Å². The minimum Gasteiger partial charge on any atom is -0.479 e. The zero-order valence-electron chi connectivity index (χ0n) is 5.00. The lowest BCUT2D eigenvalue weighted by Crippen LogP contribution is -2.21. The molecule has 0 aromatic heterocycles. The molecular weight excluding hydrogens is 172 g/mol. The van der Waals surface area contributed by atoms with E-state index in [1.807, 2.05) is 0 Å². The third-order valence-electron chi connectivity index (χ3n) is 0.766. The Morgan fingerprint density at radius 3 is 1.54 bits per heavy atom. The van der Waals surface area contributed by atoms with E-state index in [-0.39, 0.29) is 41.9 Å². The maximum absolute atomic E-state index is 10.1. The molecule has 0 aliphatic heterocycles. The van der Waals surface area contributed by atoms with E-state index in [0.717, 1.165) is 0 Å². The quantitative estimate of drug-likeness (QED) is 0.723. The Hall–Kier alpha value is -0.900. The van der Waals surface area contributed by atoms with E-state index in [0.29, 0.717) is 0 Å². The summed E-state index contributed by atoms with van der Waals surface area (Å²) in [5.41, 5.74) is 0. The van der Waals surface area contributed by atoms with E-state index in [4.69, 9.17) is 10.2 Å². The summed E-state index contributed by atoms with van der Waals surface area (Å²) in [6, 6.07) is 0. The number of aliphatic carboxylic acids is 1. The standard InChI is InChI=1S/C5H8O4.4CH4/c1-3(6)2-4(7)5(8)9;;;;/h4,7H,2H2,1H3,(H,8,9);4*1H4/t4-;;;;/m1..../s1. The summed E-state index contributed by atoms with van der Waals surface area (Å²) in [6.07, 6.45) is -1.85. The van der Waals surface area contributed by atoms with Gasteiger partial charge < -0.3 is 10.2 Å². The van der Waals surface area contributed by atoms with Crippen LogP contribution < -0.4 is 0 Å². The molecule has 0 saturated heterocycles. The molecule has 0 radical (unpaired) electrons. The molecule has 0 amide bonds. The molecule has 0 rings (SSSR count). The Balaban J connectivity index is -0.0000000533. The molecule has 0 unspecified atom stereocenters. The van der Waals surface area contributed by atoms with Gasteiger partial charge in [-0.1, -0.05) is 29.7 Å². The van der Waals surface area contributed by atoms with Crippen molar-refractivity contribution in [1.29, 1.82) is 0 Å². The van der Waals surface area contributed by atoms with Crippen LogP contribution in [0.4, 0.5) is 0 Å². The van der Waals surface area contributed by atoms with E-state index >= 15 is 0 Å². The third-order valence-corrected chi connectivity index (χ3v) is 0.766. The van der Waals surface area contributed by atoms with E-state index in [1.165, 1.54) is 6.92 Å². The van der Waals surface area contributed by atoms with Gasteiger partial charge in [-0.15, -0.1) is 0 Å². The highest BCUT2D eigenvalue weighted by atomic mass is 16.4. The molecule has 0 aromatic rings. The predicted octanol–water partition coefficient (Wildman–Crippen LogP) is 1.96. The lowest BCUT2D eigenvalue weighted by molar-refractivity contribution is -0.148. The summed E-state index contributed by atoms with van der Waals surface area (Å²) in [5.74, 6) is -1.69. The highest BCUT2D eigenvalue weighted by Crippen LogP contribution is 1.91. The average Bonchev–Trinajstić information content (AvgIpc) is 1.63. The number of ketones is 1. The maximum atomic E-state index is 10.1. The highest BCUT2D eigenvalue weighted by Gasteiger charge is 2.14. The number of Topliss-reactive ketones (excluding diaryl/α,β-unsaturated/α-hetero) is 1. The van der Waals surface area contributed by atoms with E-state index in [1.54, 1.807) is 0 Å². The van der Waals surface area contributed by atoms with E-state index in [2.05, 4.69) is 0 Å². The summed E-state index contributed by atoms with van der Waals surface area (Å²) in [6.45, 7) is 1.23. The summed E-state index contributed by atoms with van der Waals surface area (Å²) >= 11 is 0. The second kappa shape index (κ2) is 13.7. The fourth-order valence-electron chi connectivity index (χ4n) is 0.360. The van der Waals surface area contributed by atoms with Crippen LogP contribution in [-0.4, -0.2) is 28.1 Å². The molecule has 0 aliphatic rings. The molecule has 0 spiro atoms. The Bertz CT molecular complexity index is 132. The second-order valence-corrected chi connectivity index (χ2v) is 1.76. The smallest absolute Gasteiger partial charge is 0.332 e. The fourth-order valence-corrected chi connectivity index (χ4v) is 0.360. The molecule has 0 saturated carbocycles. The van der Waals surface area contributed by atoms with Gasteiger partial charge >= 0.3 is 5.97 Å². The minimum absolute atomic E-state index is 0. The van der Waals surface area contributed by atoms with Crippen LogP contribution in [0.1, 0.15) is 43.1 Å². The monoisotopic (exact) mass is 196 g/mol. The van der Waals surface area contributed by atoms with Crippen LogP contribution in [0.5, 0.6) is 0 Å². The van der Waals surface area contributed by atoms with Crippen LogP contribution in [0, 0.1) is 0 Å². The van der Waals surface area contributed by atoms with Gasteiger partial charge in [-0.3, -0.25) is 4.79 Å². The minimum atomic E-state index is -1.54. The van der Waals surface area contributed by atoms with Gasteiger partial charge in [-0.05, 0) is 6.92 Å². The van der Waals surface area contributed by atoms with Crippen molar-refractivity contribution in [2.24, 2.45) is 0 Å². The number of aliphatic hydroxyl groups excluding tert-OH is 1. The highest BCUT2D eigenvalue weighted by molar-refractivity contribution is 5.83. The van der Waals surface area contributed by atoms with Crippen LogP contribution >= 0.6 is 0 Å². The molecule has 2 N–H and O–H groups in total. The lowest BCUT2D eigenvalue weighted by atomic mass is 10.2. The molecule has 4 nitrogen and oxygen atoms in total. The Morgan fingerprint density at radius 2 is 1.46 bits per heavy atom. The SMILES string of the molecule is C.C.C.C.CC(=O)C[C@@H](O)C(=O)O. The number of rotatable bonds is 3. The van der Waals surface area contributed by atoms with Crippen LogP contribution in [0.2, 0.25) is 0 Å². The number of hydrogen-bond acceptors (Lipinski definition) is 3. The van der Waals surface area contributed by atoms with Gasteiger partial charge in [-0.25, -0.2) is 4.79 Å². The first-order valence-electron chi connectivity index (χ1n) is 2.44. The van der Waals surface area contributed by atoms with Gasteiger partial charge in [0.2, 0.25) is 0 Å². The third kappa shape index (κ3) is 18.2. The molecule has 0 bridgehead atoms. The van der Waals surface area contributed by atoms with E-state index < -0.39 is 12.1 Å². The van der Waals surface area contributed by atoms with Crippen molar-refractivity contribution in [3.05, 3.63) is 0 Å². The number of hydrogen-bond donors (Lipinski definition) is 2. The summed E-state index contributed by atoms with van der Waals surface area (Å²) < 4.78 is 0. The number of aliphatic hydroxyl groups is 1. The molecular formula is C9H24O4. The van der Waals surface area contributed by atoms with Gasteiger partial charge in [0.05, 0.1) is 0 Å². The normalized spacial score (nSPS) is 8.77. The summed E-state index contributed by atoms with van der Waals surface area (Å²) in [5, 5.41) is 16.5. The maximum Gasteiger partial charge on any atom is 0.332 e. The predicted molar refractivity (Wildman–Crippen MR) is 55.9 cm³/mol. The van der Waals surface area contributed by atoms with Crippen molar-refractivity contribution < 1.29 is 19.8 Å². The van der Waals surface area contributed by atoms with E-state index in [9.17, 15) is 9.59 Å². The summed E-state index contributed by atoms with van der Waals surface area (Å²) in [4.78, 5) is 20.0. The molecule has 0 fully saturated rings. The fraction of sp³-hybridized carbons (Fsp3) is 0.778. The number of carbonyl (C=O) groups is 2. The van der Waals surface area contributed by atoms with Crippen LogP contribution in [0.3, 0.4) is 0 Å². The molecule has 4 heteroatoms. The number of carboxylic acid groups (broad SMARTS) is 1. The molecule has 0 aliphatic carbocycles.